The average molecular weight is 343 g/mol. The van der Waals surface area contributed by atoms with Crippen LogP contribution in [0.1, 0.15) is 12.5 Å². The van der Waals surface area contributed by atoms with Gasteiger partial charge in [0.15, 0.2) is 6.10 Å². The summed E-state index contributed by atoms with van der Waals surface area (Å²) in [5.74, 6) is -0.679. The molecule has 0 bridgehead atoms. The molecule has 2 rings (SSSR count). The molecule has 0 aliphatic carbocycles. The molecule has 0 amide bonds. The predicted molar refractivity (Wildman–Crippen MR) is 77.5 cm³/mol. The van der Waals surface area contributed by atoms with Crippen LogP contribution in [0.4, 0.5) is 13.2 Å². The first-order valence-electron chi connectivity index (χ1n) is 6.46. The third kappa shape index (κ3) is 4.88. The van der Waals surface area contributed by atoms with Crippen molar-refractivity contribution in [3.8, 4) is 5.75 Å². The number of carboxylic acid groups (broad SMARTS) is 1. The van der Waals surface area contributed by atoms with E-state index < -0.39 is 23.8 Å². The Morgan fingerprint density at radius 2 is 1.87 bits per heavy atom. The van der Waals surface area contributed by atoms with Crippen LogP contribution < -0.4 is 4.74 Å². The van der Waals surface area contributed by atoms with E-state index in [9.17, 15) is 18.0 Å². The number of alkyl halides is 3. The maximum absolute atomic E-state index is 12.4. The van der Waals surface area contributed by atoms with Gasteiger partial charge in [0, 0.05) is 11.1 Å². The number of nitrogens with zero attached hydrogens (tertiary/aromatic N) is 1. The smallest absolute Gasteiger partial charge is 0.417 e. The summed E-state index contributed by atoms with van der Waals surface area (Å²) in [5, 5.41) is 9.18. The van der Waals surface area contributed by atoms with Gasteiger partial charge in [-0.15, -0.1) is 0 Å². The van der Waals surface area contributed by atoms with Gasteiger partial charge in [-0.3, -0.25) is 0 Å². The van der Waals surface area contributed by atoms with Crippen LogP contribution in [0.2, 0.25) is 0 Å². The zero-order valence-corrected chi connectivity index (χ0v) is 12.7. The van der Waals surface area contributed by atoms with Crippen LogP contribution in [-0.4, -0.2) is 22.2 Å². The first-order chi connectivity index (χ1) is 10.8. The zero-order chi connectivity index (χ0) is 17.0. The van der Waals surface area contributed by atoms with Crippen LogP contribution in [0.5, 0.6) is 5.75 Å². The largest absolute Gasteiger partial charge is 0.479 e. The Labute approximate surface area is 134 Å². The van der Waals surface area contributed by atoms with Gasteiger partial charge in [0.05, 0.1) is 5.56 Å². The van der Waals surface area contributed by atoms with Crippen LogP contribution in [-0.2, 0) is 11.0 Å². The standard InChI is InChI=1S/C15H12F3NO3S/c1-9(14(20)21)22-11-3-5-12(6-4-11)23-13-7-2-10(8-19-13)15(16,17)18/h2-9H,1H3,(H,20,21). The second-order valence-corrected chi connectivity index (χ2v) is 5.65. The predicted octanol–water partition coefficient (Wildman–Crippen LogP) is 4.10. The van der Waals surface area contributed by atoms with E-state index in [1.54, 1.807) is 24.3 Å². The molecule has 122 valence electrons. The number of halogens is 3. The van der Waals surface area contributed by atoms with Crippen molar-refractivity contribution in [1.29, 1.82) is 0 Å². The molecule has 2 aromatic rings. The van der Waals surface area contributed by atoms with Gasteiger partial charge in [0.1, 0.15) is 10.8 Å². The van der Waals surface area contributed by atoms with E-state index in [0.717, 1.165) is 17.2 Å². The van der Waals surface area contributed by atoms with Crippen molar-refractivity contribution in [2.24, 2.45) is 0 Å². The lowest BCUT2D eigenvalue weighted by atomic mass is 10.3. The number of pyridine rings is 1. The van der Waals surface area contributed by atoms with E-state index in [0.29, 0.717) is 10.8 Å². The average Bonchev–Trinajstić information content (AvgIpc) is 2.49. The fourth-order valence-electron chi connectivity index (χ4n) is 1.57. The van der Waals surface area contributed by atoms with Crippen LogP contribution in [0.15, 0.2) is 52.5 Å². The summed E-state index contributed by atoms with van der Waals surface area (Å²) in [4.78, 5) is 15.2. The van der Waals surface area contributed by atoms with E-state index in [2.05, 4.69) is 4.98 Å². The number of aliphatic carboxylic acids is 1. The van der Waals surface area contributed by atoms with Gasteiger partial charge in [-0.05, 0) is 43.3 Å². The Morgan fingerprint density at radius 1 is 1.22 bits per heavy atom. The van der Waals surface area contributed by atoms with Gasteiger partial charge in [0.2, 0.25) is 0 Å². The van der Waals surface area contributed by atoms with Gasteiger partial charge in [-0.25, -0.2) is 9.78 Å². The lowest BCUT2D eigenvalue weighted by molar-refractivity contribution is -0.144. The third-order valence-corrected chi connectivity index (χ3v) is 3.73. The summed E-state index contributed by atoms with van der Waals surface area (Å²) in [6.07, 6.45) is -4.59. The van der Waals surface area contributed by atoms with E-state index in [-0.39, 0.29) is 0 Å². The molecular formula is C15H12F3NO3S. The number of carboxylic acids is 1. The number of benzene rings is 1. The summed E-state index contributed by atoms with van der Waals surface area (Å²) in [5.41, 5.74) is -0.798. The molecule has 1 N–H and O–H groups in total. The van der Waals surface area contributed by atoms with E-state index >= 15 is 0 Å². The number of hydrogen-bond acceptors (Lipinski definition) is 4. The van der Waals surface area contributed by atoms with Gasteiger partial charge in [0.25, 0.3) is 0 Å². The van der Waals surface area contributed by atoms with Crippen LogP contribution in [0, 0.1) is 0 Å². The SMILES string of the molecule is CC(Oc1ccc(Sc2ccc(C(F)(F)F)cn2)cc1)C(=O)O. The van der Waals surface area contributed by atoms with E-state index in [4.69, 9.17) is 9.84 Å². The van der Waals surface area contributed by atoms with E-state index in [1.807, 2.05) is 0 Å². The van der Waals surface area contributed by atoms with Crippen molar-refractivity contribution in [3.63, 3.8) is 0 Å². The molecule has 0 fully saturated rings. The maximum Gasteiger partial charge on any atom is 0.417 e. The van der Waals surface area contributed by atoms with Gasteiger partial charge < -0.3 is 9.84 Å². The number of rotatable bonds is 5. The van der Waals surface area contributed by atoms with Crippen LogP contribution >= 0.6 is 11.8 Å². The van der Waals surface area contributed by atoms with Crippen molar-refractivity contribution < 1.29 is 27.8 Å². The molecule has 0 saturated carbocycles. The van der Waals surface area contributed by atoms with Crippen molar-refractivity contribution in [2.75, 3.05) is 0 Å². The van der Waals surface area contributed by atoms with Crippen molar-refractivity contribution in [1.82, 2.24) is 4.98 Å². The monoisotopic (exact) mass is 343 g/mol. The number of ether oxygens (including phenoxy) is 1. The number of carbonyl (C=O) groups is 1. The van der Waals surface area contributed by atoms with Crippen LogP contribution in [0.3, 0.4) is 0 Å². The maximum atomic E-state index is 12.4. The highest BCUT2D eigenvalue weighted by Gasteiger charge is 2.30. The normalized spacial score (nSPS) is 12.7. The number of hydrogen-bond donors (Lipinski definition) is 1. The Hall–Kier alpha value is -2.22. The van der Waals surface area contributed by atoms with E-state index in [1.165, 1.54) is 24.8 Å². The third-order valence-electron chi connectivity index (χ3n) is 2.77. The molecule has 8 heteroatoms. The summed E-state index contributed by atoms with van der Waals surface area (Å²) in [6, 6.07) is 8.80. The molecule has 0 saturated heterocycles. The molecule has 0 aliphatic heterocycles. The van der Waals surface area contributed by atoms with Gasteiger partial charge in [-0.1, -0.05) is 11.8 Å². The Kier molecular flexibility index (Phi) is 5.15. The first-order valence-corrected chi connectivity index (χ1v) is 7.28. The van der Waals surface area contributed by atoms with Crippen LogP contribution in [0.25, 0.3) is 0 Å². The second-order valence-electron chi connectivity index (χ2n) is 4.55. The molecular weight excluding hydrogens is 331 g/mol. The Balaban J connectivity index is 2.02. The molecule has 1 aromatic carbocycles. The van der Waals surface area contributed by atoms with Crippen molar-refractivity contribution in [2.45, 2.75) is 29.1 Å². The summed E-state index contributed by atoms with van der Waals surface area (Å²) >= 11 is 1.19. The summed E-state index contributed by atoms with van der Waals surface area (Å²) in [7, 11) is 0. The van der Waals surface area contributed by atoms with Gasteiger partial charge >= 0.3 is 12.1 Å². The molecule has 0 aliphatic rings. The molecule has 23 heavy (non-hydrogen) atoms. The highest BCUT2D eigenvalue weighted by Crippen LogP contribution is 2.32. The molecule has 1 unspecified atom stereocenters. The highest BCUT2D eigenvalue weighted by molar-refractivity contribution is 7.99. The minimum absolute atomic E-state index is 0.393. The topological polar surface area (TPSA) is 59.4 Å². The fourth-order valence-corrected chi connectivity index (χ4v) is 2.33. The quantitative estimate of drug-likeness (QED) is 0.885. The molecule has 4 nitrogen and oxygen atoms in total. The molecule has 0 radical (unpaired) electrons. The van der Waals surface area contributed by atoms with Gasteiger partial charge in [-0.2, -0.15) is 13.2 Å². The fraction of sp³-hybridized carbons (Fsp3) is 0.200. The summed E-state index contributed by atoms with van der Waals surface area (Å²) < 4.78 is 42.5. The first kappa shape index (κ1) is 17.1. The lowest BCUT2D eigenvalue weighted by Gasteiger charge is -2.10. The lowest BCUT2D eigenvalue weighted by Crippen LogP contribution is -2.22. The minimum atomic E-state index is -4.41. The zero-order valence-electron chi connectivity index (χ0n) is 11.9. The minimum Gasteiger partial charge on any atom is -0.479 e. The Morgan fingerprint density at radius 3 is 2.35 bits per heavy atom. The van der Waals surface area contributed by atoms with Crippen molar-refractivity contribution >= 4 is 17.7 Å². The summed E-state index contributed by atoms with van der Waals surface area (Å²) in [6.45, 7) is 1.41. The molecule has 1 heterocycles. The molecule has 1 aromatic heterocycles. The molecule has 1 atom stereocenters. The number of aromatic nitrogens is 1. The second kappa shape index (κ2) is 6.91. The Bertz CT molecular complexity index is 672. The molecule has 0 spiro atoms. The highest BCUT2D eigenvalue weighted by atomic mass is 32.2. The van der Waals surface area contributed by atoms with Crippen molar-refractivity contribution in [3.05, 3.63) is 48.2 Å².